The number of benzene rings is 3. The Balaban J connectivity index is 1.40. The summed E-state index contributed by atoms with van der Waals surface area (Å²) >= 11 is 0. The first-order valence-corrected chi connectivity index (χ1v) is 10.5. The van der Waals surface area contributed by atoms with E-state index in [0.717, 1.165) is 25.8 Å². The molecule has 0 fully saturated rings. The van der Waals surface area contributed by atoms with Crippen LogP contribution >= 0.6 is 0 Å². The molecule has 1 unspecified atom stereocenters. The Morgan fingerprint density at radius 1 is 0.714 bits per heavy atom. The molecule has 0 saturated heterocycles. The standard InChI is InChI=1S/C27H27N/c1-2-8-20(9-3-1)16-17-28-23-14-15-26-24-12-6-4-10-21(24)18-22-11-5-7-13-25(22)27(26)19-23/h1-13,23,28H,14-19H2. The zero-order valence-corrected chi connectivity index (χ0v) is 16.3. The molecule has 2 aliphatic rings. The molecule has 2 aliphatic carbocycles. The highest BCUT2D eigenvalue weighted by molar-refractivity contribution is 5.95. The third-order valence-corrected chi connectivity index (χ3v) is 6.31. The van der Waals surface area contributed by atoms with Crippen molar-refractivity contribution >= 4 is 11.1 Å². The van der Waals surface area contributed by atoms with Gasteiger partial charge < -0.3 is 5.32 Å². The quantitative estimate of drug-likeness (QED) is 0.608. The molecule has 0 spiro atoms. The number of nitrogens with one attached hydrogen (secondary N) is 1. The van der Waals surface area contributed by atoms with Crippen molar-refractivity contribution in [2.24, 2.45) is 0 Å². The maximum atomic E-state index is 3.84. The van der Waals surface area contributed by atoms with E-state index in [2.05, 4.69) is 84.2 Å². The van der Waals surface area contributed by atoms with E-state index in [1.54, 1.807) is 11.1 Å². The van der Waals surface area contributed by atoms with Crippen LogP contribution in [0.2, 0.25) is 0 Å². The zero-order chi connectivity index (χ0) is 18.8. The van der Waals surface area contributed by atoms with Crippen molar-refractivity contribution < 1.29 is 0 Å². The van der Waals surface area contributed by atoms with Crippen LogP contribution in [0.25, 0.3) is 11.1 Å². The van der Waals surface area contributed by atoms with Crippen molar-refractivity contribution in [1.29, 1.82) is 0 Å². The second kappa shape index (κ2) is 7.77. The summed E-state index contributed by atoms with van der Waals surface area (Å²) in [6, 6.07) is 29.4. The second-order valence-electron chi connectivity index (χ2n) is 8.08. The lowest BCUT2D eigenvalue weighted by Crippen LogP contribution is -2.33. The van der Waals surface area contributed by atoms with Crippen LogP contribution in [0.4, 0.5) is 0 Å². The molecule has 0 amide bonds. The van der Waals surface area contributed by atoms with Gasteiger partial charge in [-0.25, -0.2) is 0 Å². The summed E-state index contributed by atoms with van der Waals surface area (Å²) in [6.07, 6.45) is 5.68. The van der Waals surface area contributed by atoms with Gasteiger partial charge in [-0.3, -0.25) is 0 Å². The molecule has 0 aliphatic heterocycles. The van der Waals surface area contributed by atoms with Gasteiger partial charge in [0.25, 0.3) is 0 Å². The molecule has 0 saturated carbocycles. The largest absolute Gasteiger partial charge is 0.313 e. The van der Waals surface area contributed by atoms with Crippen LogP contribution in [-0.2, 0) is 12.8 Å². The molecular weight excluding hydrogens is 338 g/mol. The van der Waals surface area contributed by atoms with Gasteiger partial charge in [0.15, 0.2) is 0 Å². The highest BCUT2D eigenvalue weighted by Crippen LogP contribution is 2.43. The van der Waals surface area contributed by atoms with Gasteiger partial charge in [0.2, 0.25) is 0 Å². The van der Waals surface area contributed by atoms with E-state index in [9.17, 15) is 0 Å². The minimum absolute atomic E-state index is 0.570. The van der Waals surface area contributed by atoms with Gasteiger partial charge >= 0.3 is 0 Å². The van der Waals surface area contributed by atoms with E-state index in [0.29, 0.717) is 6.04 Å². The molecule has 0 aromatic heterocycles. The smallest absolute Gasteiger partial charge is 0.0111 e. The highest BCUT2D eigenvalue weighted by Gasteiger charge is 2.27. The van der Waals surface area contributed by atoms with Crippen LogP contribution in [0.5, 0.6) is 0 Å². The van der Waals surface area contributed by atoms with Crippen LogP contribution in [0.1, 0.15) is 47.1 Å². The molecule has 0 heterocycles. The fourth-order valence-corrected chi connectivity index (χ4v) is 4.89. The molecule has 1 nitrogen and oxygen atoms in total. The van der Waals surface area contributed by atoms with Crippen molar-refractivity contribution in [2.45, 2.75) is 38.1 Å². The first kappa shape index (κ1) is 17.5. The van der Waals surface area contributed by atoms with E-state index in [1.165, 1.54) is 40.7 Å². The van der Waals surface area contributed by atoms with Gasteiger partial charge in [-0.1, -0.05) is 78.9 Å². The molecule has 5 rings (SSSR count). The topological polar surface area (TPSA) is 12.0 Å². The number of allylic oxidation sites excluding steroid dienone is 1. The lowest BCUT2D eigenvalue weighted by Gasteiger charge is -2.29. The molecule has 1 heteroatoms. The van der Waals surface area contributed by atoms with E-state index >= 15 is 0 Å². The van der Waals surface area contributed by atoms with Crippen molar-refractivity contribution in [2.75, 3.05) is 6.54 Å². The maximum absolute atomic E-state index is 3.84. The minimum atomic E-state index is 0.570. The van der Waals surface area contributed by atoms with E-state index < -0.39 is 0 Å². The predicted molar refractivity (Wildman–Crippen MR) is 118 cm³/mol. The SMILES string of the molecule is c1ccc(CCNC2CCC3=C(C2)c2ccccc2Cc2ccccc23)cc1. The number of rotatable bonds is 4. The van der Waals surface area contributed by atoms with Crippen molar-refractivity contribution in [1.82, 2.24) is 5.32 Å². The normalized spacial score (nSPS) is 18.1. The fraction of sp³-hybridized carbons (Fsp3) is 0.259. The Morgan fingerprint density at radius 2 is 1.36 bits per heavy atom. The zero-order valence-electron chi connectivity index (χ0n) is 16.3. The molecule has 3 aromatic carbocycles. The Bertz CT molecular complexity index is 1000. The summed E-state index contributed by atoms with van der Waals surface area (Å²) in [5.41, 5.74) is 10.5. The summed E-state index contributed by atoms with van der Waals surface area (Å²) in [7, 11) is 0. The summed E-state index contributed by atoms with van der Waals surface area (Å²) in [5.74, 6) is 0. The van der Waals surface area contributed by atoms with Crippen LogP contribution in [0.15, 0.2) is 78.9 Å². The Morgan fingerprint density at radius 3 is 2.11 bits per heavy atom. The van der Waals surface area contributed by atoms with E-state index in [4.69, 9.17) is 0 Å². The molecule has 0 radical (unpaired) electrons. The minimum Gasteiger partial charge on any atom is -0.313 e. The summed E-state index contributed by atoms with van der Waals surface area (Å²) < 4.78 is 0. The van der Waals surface area contributed by atoms with Crippen molar-refractivity contribution in [3.8, 4) is 0 Å². The summed E-state index contributed by atoms with van der Waals surface area (Å²) in [6.45, 7) is 1.05. The first-order valence-electron chi connectivity index (χ1n) is 10.5. The van der Waals surface area contributed by atoms with E-state index in [-0.39, 0.29) is 0 Å². The average Bonchev–Trinajstić information content (AvgIpc) is 2.89. The van der Waals surface area contributed by atoms with Crippen molar-refractivity contribution in [3.63, 3.8) is 0 Å². The molecule has 0 bridgehead atoms. The van der Waals surface area contributed by atoms with E-state index in [1.807, 2.05) is 0 Å². The van der Waals surface area contributed by atoms with Gasteiger partial charge in [0.05, 0.1) is 0 Å². The third-order valence-electron chi connectivity index (χ3n) is 6.31. The Kier molecular flexibility index (Phi) is 4.85. The number of fused-ring (bicyclic) bond motifs is 4. The monoisotopic (exact) mass is 365 g/mol. The average molecular weight is 366 g/mol. The molecule has 1 atom stereocenters. The fourth-order valence-electron chi connectivity index (χ4n) is 4.89. The molecular formula is C27H27N. The lowest BCUT2D eigenvalue weighted by molar-refractivity contribution is 0.488. The molecule has 28 heavy (non-hydrogen) atoms. The van der Waals surface area contributed by atoms with Crippen LogP contribution < -0.4 is 5.32 Å². The van der Waals surface area contributed by atoms with Crippen LogP contribution in [0.3, 0.4) is 0 Å². The lowest BCUT2D eigenvalue weighted by atomic mass is 9.81. The second-order valence-corrected chi connectivity index (χ2v) is 8.08. The Hall–Kier alpha value is -2.64. The maximum Gasteiger partial charge on any atom is 0.0111 e. The number of hydrogen-bond acceptors (Lipinski definition) is 1. The molecule has 140 valence electrons. The first-order chi connectivity index (χ1) is 13.9. The van der Waals surface area contributed by atoms with Gasteiger partial charge in [0.1, 0.15) is 0 Å². The molecule has 3 aromatic rings. The van der Waals surface area contributed by atoms with Crippen LogP contribution in [0, 0.1) is 0 Å². The Labute approximate surface area is 168 Å². The van der Waals surface area contributed by atoms with Gasteiger partial charge in [-0.2, -0.15) is 0 Å². The van der Waals surface area contributed by atoms with Gasteiger partial charge in [-0.05, 0) is 77.6 Å². The number of hydrogen-bond donors (Lipinski definition) is 1. The van der Waals surface area contributed by atoms with Gasteiger partial charge in [0, 0.05) is 6.04 Å². The molecule has 1 N–H and O–H groups in total. The third kappa shape index (κ3) is 3.43. The van der Waals surface area contributed by atoms with Crippen LogP contribution in [-0.4, -0.2) is 12.6 Å². The van der Waals surface area contributed by atoms with Crippen molar-refractivity contribution in [3.05, 3.63) is 107 Å². The predicted octanol–water partition coefficient (Wildman–Crippen LogP) is 5.89. The van der Waals surface area contributed by atoms with Gasteiger partial charge in [-0.15, -0.1) is 0 Å². The summed E-state index contributed by atoms with van der Waals surface area (Å²) in [4.78, 5) is 0. The highest BCUT2D eigenvalue weighted by atomic mass is 14.9. The summed E-state index contributed by atoms with van der Waals surface area (Å²) in [5, 5.41) is 3.84.